The standard InChI is InChI=1S/C14H26N4/c1-5-9-18(11-10-17(3)4)12-13-7-6-8-16-14(13)15-2/h6-8H,5,9-12H2,1-4H3,(H,15,16). The van der Waals surface area contributed by atoms with Crippen LogP contribution in [-0.4, -0.2) is 55.6 Å². The van der Waals surface area contributed by atoms with Crippen LogP contribution in [0.25, 0.3) is 0 Å². The number of nitrogens with zero attached hydrogens (tertiary/aromatic N) is 3. The summed E-state index contributed by atoms with van der Waals surface area (Å²) in [6.07, 6.45) is 3.02. The number of hydrogen-bond donors (Lipinski definition) is 1. The molecule has 102 valence electrons. The number of nitrogens with one attached hydrogen (secondary N) is 1. The summed E-state index contributed by atoms with van der Waals surface area (Å²) in [6, 6.07) is 4.16. The van der Waals surface area contributed by atoms with E-state index in [-0.39, 0.29) is 0 Å². The third-order valence-corrected chi connectivity index (χ3v) is 2.93. The van der Waals surface area contributed by atoms with E-state index in [1.807, 2.05) is 19.3 Å². The van der Waals surface area contributed by atoms with Gasteiger partial charge >= 0.3 is 0 Å². The fourth-order valence-electron chi connectivity index (χ4n) is 1.96. The van der Waals surface area contributed by atoms with E-state index in [1.54, 1.807) is 0 Å². The Kier molecular flexibility index (Phi) is 6.68. The molecule has 0 aliphatic rings. The molecule has 1 heterocycles. The Bertz CT molecular complexity index is 338. The minimum atomic E-state index is 0.964. The molecular formula is C14H26N4. The quantitative estimate of drug-likeness (QED) is 0.763. The molecular weight excluding hydrogens is 224 g/mol. The Morgan fingerprint density at radius 1 is 1.22 bits per heavy atom. The van der Waals surface area contributed by atoms with Gasteiger partial charge in [0.2, 0.25) is 0 Å². The predicted octanol–water partition coefficient (Wildman–Crippen LogP) is 1.90. The van der Waals surface area contributed by atoms with Crippen molar-refractivity contribution in [3.05, 3.63) is 23.9 Å². The lowest BCUT2D eigenvalue weighted by Gasteiger charge is -2.24. The highest BCUT2D eigenvalue weighted by Gasteiger charge is 2.08. The number of aromatic nitrogens is 1. The van der Waals surface area contributed by atoms with Gasteiger partial charge in [-0.1, -0.05) is 13.0 Å². The molecule has 0 atom stereocenters. The van der Waals surface area contributed by atoms with Crippen LogP contribution in [0.15, 0.2) is 18.3 Å². The van der Waals surface area contributed by atoms with Gasteiger partial charge in [-0.3, -0.25) is 4.90 Å². The molecule has 0 amide bonds. The first-order chi connectivity index (χ1) is 8.67. The van der Waals surface area contributed by atoms with Gasteiger partial charge in [0, 0.05) is 38.4 Å². The van der Waals surface area contributed by atoms with Crippen molar-refractivity contribution in [1.82, 2.24) is 14.8 Å². The van der Waals surface area contributed by atoms with E-state index < -0.39 is 0 Å². The summed E-state index contributed by atoms with van der Waals surface area (Å²) in [4.78, 5) is 9.07. The first kappa shape index (κ1) is 14.9. The molecule has 1 aromatic rings. The van der Waals surface area contributed by atoms with Gasteiger partial charge in [-0.15, -0.1) is 0 Å². The maximum atomic E-state index is 4.36. The number of hydrogen-bond acceptors (Lipinski definition) is 4. The molecule has 4 nitrogen and oxygen atoms in total. The first-order valence-electron chi connectivity index (χ1n) is 6.66. The van der Waals surface area contributed by atoms with Crippen LogP contribution in [0.5, 0.6) is 0 Å². The van der Waals surface area contributed by atoms with E-state index in [1.165, 1.54) is 12.0 Å². The Labute approximate surface area is 111 Å². The third kappa shape index (κ3) is 5.02. The molecule has 0 saturated carbocycles. The Balaban J connectivity index is 2.63. The van der Waals surface area contributed by atoms with Crippen LogP contribution in [0.2, 0.25) is 0 Å². The van der Waals surface area contributed by atoms with Gasteiger partial charge in [-0.2, -0.15) is 0 Å². The van der Waals surface area contributed by atoms with Gasteiger partial charge in [0.05, 0.1) is 0 Å². The van der Waals surface area contributed by atoms with Crippen molar-refractivity contribution in [2.24, 2.45) is 0 Å². The van der Waals surface area contributed by atoms with Crippen LogP contribution >= 0.6 is 0 Å². The van der Waals surface area contributed by atoms with Crippen LogP contribution in [0.3, 0.4) is 0 Å². The fraction of sp³-hybridized carbons (Fsp3) is 0.643. The fourth-order valence-corrected chi connectivity index (χ4v) is 1.96. The molecule has 1 N–H and O–H groups in total. The molecule has 0 spiro atoms. The average Bonchev–Trinajstić information content (AvgIpc) is 2.37. The third-order valence-electron chi connectivity index (χ3n) is 2.93. The Morgan fingerprint density at radius 3 is 2.61 bits per heavy atom. The van der Waals surface area contributed by atoms with E-state index in [4.69, 9.17) is 0 Å². The maximum Gasteiger partial charge on any atom is 0.130 e. The molecule has 0 aromatic carbocycles. The lowest BCUT2D eigenvalue weighted by Crippen LogP contribution is -2.32. The second-order valence-electron chi connectivity index (χ2n) is 4.84. The number of rotatable bonds is 8. The van der Waals surface area contributed by atoms with Gasteiger partial charge in [-0.05, 0) is 33.1 Å². The molecule has 0 aliphatic carbocycles. The maximum absolute atomic E-state index is 4.36. The summed E-state index contributed by atoms with van der Waals surface area (Å²) in [6.45, 7) is 6.51. The first-order valence-corrected chi connectivity index (χ1v) is 6.66. The van der Waals surface area contributed by atoms with E-state index >= 15 is 0 Å². The highest BCUT2D eigenvalue weighted by atomic mass is 15.2. The summed E-state index contributed by atoms with van der Waals surface area (Å²) in [5.74, 6) is 0.989. The van der Waals surface area contributed by atoms with E-state index in [0.29, 0.717) is 0 Å². The predicted molar refractivity (Wildman–Crippen MR) is 77.9 cm³/mol. The van der Waals surface area contributed by atoms with Crippen molar-refractivity contribution in [1.29, 1.82) is 0 Å². The number of likely N-dealkylation sites (N-methyl/N-ethyl adjacent to an activating group) is 1. The minimum absolute atomic E-state index is 0.964. The van der Waals surface area contributed by atoms with E-state index in [9.17, 15) is 0 Å². The molecule has 1 rings (SSSR count). The topological polar surface area (TPSA) is 31.4 Å². The summed E-state index contributed by atoms with van der Waals surface area (Å²) in [7, 11) is 6.16. The van der Waals surface area contributed by atoms with Crippen molar-refractivity contribution >= 4 is 5.82 Å². The van der Waals surface area contributed by atoms with Crippen LogP contribution in [0, 0.1) is 0 Å². The van der Waals surface area contributed by atoms with Crippen molar-refractivity contribution in [3.8, 4) is 0 Å². The molecule has 4 heteroatoms. The summed E-state index contributed by atoms with van der Waals surface area (Å²) < 4.78 is 0. The SMILES string of the molecule is CCCN(CCN(C)C)Cc1cccnc1NC. The molecule has 0 saturated heterocycles. The lowest BCUT2D eigenvalue weighted by molar-refractivity contribution is 0.234. The summed E-state index contributed by atoms with van der Waals surface area (Å²) in [5.41, 5.74) is 1.27. The highest BCUT2D eigenvalue weighted by molar-refractivity contribution is 5.42. The average molecular weight is 250 g/mol. The second-order valence-corrected chi connectivity index (χ2v) is 4.84. The van der Waals surface area contributed by atoms with Crippen molar-refractivity contribution in [2.45, 2.75) is 19.9 Å². The zero-order chi connectivity index (χ0) is 13.4. The van der Waals surface area contributed by atoms with Gasteiger partial charge in [0.25, 0.3) is 0 Å². The van der Waals surface area contributed by atoms with Crippen LogP contribution in [0.4, 0.5) is 5.82 Å². The molecule has 0 unspecified atom stereocenters. The smallest absolute Gasteiger partial charge is 0.130 e. The molecule has 1 aromatic heterocycles. The van der Waals surface area contributed by atoms with Crippen molar-refractivity contribution in [3.63, 3.8) is 0 Å². The van der Waals surface area contributed by atoms with Crippen LogP contribution in [0.1, 0.15) is 18.9 Å². The zero-order valence-electron chi connectivity index (χ0n) is 12.1. The largest absolute Gasteiger partial charge is 0.373 e. The molecule has 0 bridgehead atoms. The number of anilines is 1. The summed E-state index contributed by atoms with van der Waals surface area (Å²) in [5, 5.41) is 3.16. The molecule has 0 aliphatic heterocycles. The lowest BCUT2D eigenvalue weighted by atomic mass is 10.2. The van der Waals surface area contributed by atoms with Gasteiger partial charge in [0.1, 0.15) is 5.82 Å². The van der Waals surface area contributed by atoms with Gasteiger partial charge < -0.3 is 10.2 Å². The van der Waals surface area contributed by atoms with E-state index in [0.717, 1.165) is 32.0 Å². The summed E-state index contributed by atoms with van der Waals surface area (Å²) >= 11 is 0. The van der Waals surface area contributed by atoms with Crippen molar-refractivity contribution in [2.75, 3.05) is 46.1 Å². The Morgan fingerprint density at radius 2 is 2.00 bits per heavy atom. The van der Waals surface area contributed by atoms with E-state index in [2.05, 4.69) is 47.2 Å². The minimum Gasteiger partial charge on any atom is -0.373 e. The van der Waals surface area contributed by atoms with Gasteiger partial charge in [0.15, 0.2) is 0 Å². The van der Waals surface area contributed by atoms with Gasteiger partial charge in [-0.25, -0.2) is 4.98 Å². The van der Waals surface area contributed by atoms with Crippen LogP contribution < -0.4 is 5.32 Å². The molecule has 18 heavy (non-hydrogen) atoms. The number of pyridine rings is 1. The molecule has 0 radical (unpaired) electrons. The normalized spacial score (nSPS) is 11.2. The monoisotopic (exact) mass is 250 g/mol. The van der Waals surface area contributed by atoms with Crippen LogP contribution in [-0.2, 0) is 6.54 Å². The zero-order valence-corrected chi connectivity index (χ0v) is 12.1. The second kappa shape index (κ2) is 8.06. The highest BCUT2D eigenvalue weighted by Crippen LogP contribution is 2.13. The Hall–Kier alpha value is -1.13. The molecule has 0 fully saturated rings. The van der Waals surface area contributed by atoms with Crippen molar-refractivity contribution < 1.29 is 0 Å².